The van der Waals surface area contributed by atoms with E-state index in [2.05, 4.69) is 4.99 Å². The zero-order valence-corrected chi connectivity index (χ0v) is 14.3. The molecule has 1 heterocycles. The van der Waals surface area contributed by atoms with Gasteiger partial charge in [0.1, 0.15) is 5.84 Å². The number of alkyl halides is 3. The molecule has 1 N–H and O–H groups in total. The predicted octanol–water partition coefficient (Wildman–Crippen LogP) is 3.27. The second-order valence-electron chi connectivity index (χ2n) is 6.65. The molecule has 0 bridgehead atoms. The Labute approximate surface area is 149 Å². The van der Waals surface area contributed by atoms with Gasteiger partial charge in [-0.1, -0.05) is 37.5 Å². The number of benzene rings is 1. The Kier molecular flexibility index (Phi) is 4.77. The molecule has 0 saturated heterocycles. The number of hydrogen-bond acceptors (Lipinski definition) is 3. The molecule has 1 fully saturated rings. The minimum atomic E-state index is -5.04. The van der Waals surface area contributed by atoms with E-state index < -0.39 is 23.7 Å². The van der Waals surface area contributed by atoms with E-state index in [1.807, 2.05) is 5.32 Å². The third kappa shape index (κ3) is 3.08. The standard InChI is InChI=1S/C18H20F3N3O2/c1-12-22-17(18(19,20)21,23-15(25)13-8-4-2-5-9-13)16(26)24(12)14-10-6-3-7-11-14/h2,4-5,8-9,14H,3,6-7,10-11H2,1H3,(H,23,25). The number of hydrogen-bond donors (Lipinski definition) is 1. The van der Waals surface area contributed by atoms with Crippen LogP contribution in [0.3, 0.4) is 0 Å². The van der Waals surface area contributed by atoms with Crippen molar-refractivity contribution in [1.29, 1.82) is 0 Å². The predicted molar refractivity (Wildman–Crippen MR) is 89.5 cm³/mol. The van der Waals surface area contributed by atoms with Gasteiger partial charge in [-0.15, -0.1) is 0 Å². The number of rotatable bonds is 3. The van der Waals surface area contributed by atoms with Gasteiger partial charge in [-0.25, -0.2) is 4.99 Å². The average molecular weight is 367 g/mol. The van der Waals surface area contributed by atoms with Gasteiger partial charge >= 0.3 is 11.8 Å². The van der Waals surface area contributed by atoms with Gasteiger partial charge in [0.05, 0.1) is 0 Å². The summed E-state index contributed by atoms with van der Waals surface area (Å²) in [6.07, 6.45) is -1.05. The van der Waals surface area contributed by atoms with Crippen LogP contribution in [0, 0.1) is 0 Å². The Morgan fingerprint density at radius 2 is 1.81 bits per heavy atom. The quantitative estimate of drug-likeness (QED) is 0.891. The lowest BCUT2D eigenvalue weighted by molar-refractivity contribution is -0.197. The molecule has 0 radical (unpaired) electrons. The summed E-state index contributed by atoms with van der Waals surface area (Å²) >= 11 is 0. The first-order chi connectivity index (χ1) is 12.3. The maximum absolute atomic E-state index is 13.9. The fourth-order valence-electron chi connectivity index (χ4n) is 3.60. The molecule has 2 amide bonds. The van der Waals surface area contributed by atoms with Gasteiger partial charge in [0.15, 0.2) is 0 Å². The van der Waals surface area contributed by atoms with Crippen molar-refractivity contribution in [2.24, 2.45) is 4.99 Å². The summed E-state index contributed by atoms with van der Waals surface area (Å²) in [7, 11) is 0. The smallest absolute Gasteiger partial charge is 0.312 e. The summed E-state index contributed by atoms with van der Waals surface area (Å²) in [5.74, 6) is -2.22. The van der Waals surface area contributed by atoms with E-state index in [9.17, 15) is 22.8 Å². The SMILES string of the molecule is CC1=NC(NC(=O)c2ccccc2)(C(F)(F)F)C(=O)N1C1CCCCC1. The lowest BCUT2D eigenvalue weighted by atomic mass is 9.93. The molecule has 8 heteroatoms. The van der Waals surface area contributed by atoms with Crippen LogP contribution in [-0.4, -0.2) is 40.4 Å². The summed E-state index contributed by atoms with van der Waals surface area (Å²) < 4.78 is 41.7. The number of nitrogens with one attached hydrogen (secondary N) is 1. The highest BCUT2D eigenvalue weighted by Gasteiger charge is 2.67. The van der Waals surface area contributed by atoms with Gasteiger partial charge in [0.2, 0.25) is 0 Å². The molecule has 1 atom stereocenters. The number of aliphatic imine (C=N–C) groups is 1. The maximum Gasteiger partial charge on any atom is 0.442 e. The average Bonchev–Trinajstić information content (AvgIpc) is 2.87. The van der Waals surface area contributed by atoms with Gasteiger partial charge in [-0.05, 0) is 31.9 Å². The molecule has 0 aromatic heterocycles. The molecule has 0 spiro atoms. The topological polar surface area (TPSA) is 61.8 Å². The molecular formula is C18H20F3N3O2. The van der Waals surface area contributed by atoms with E-state index >= 15 is 0 Å². The number of carbonyl (C=O) groups excluding carboxylic acids is 2. The lowest BCUT2D eigenvalue weighted by Gasteiger charge is -2.34. The lowest BCUT2D eigenvalue weighted by Crippen LogP contribution is -2.64. The van der Waals surface area contributed by atoms with Crippen molar-refractivity contribution < 1.29 is 22.8 Å². The Morgan fingerprint density at radius 3 is 2.38 bits per heavy atom. The van der Waals surface area contributed by atoms with Crippen molar-refractivity contribution in [2.45, 2.75) is 56.9 Å². The third-order valence-electron chi connectivity index (χ3n) is 4.89. The van der Waals surface area contributed by atoms with E-state index in [0.29, 0.717) is 12.8 Å². The summed E-state index contributed by atoms with van der Waals surface area (Å²) in [5.41, 5.74) is -3.23. The molecule has 140 valence electrons. The summed E-state index contributed by atoms with van der Waals surface area (Å²) in [5, 5.41) is 1.86. The molecule has 3 rings (SSSR count). The van der Waals surface area contributed by atoms with Crippen molar-refractivity contribution in [3.63, 3.8) is 0 Å². The Morgan fingerprint density at radius 1 is 1.19 bits per heavy atom. The first-order valence-corrected chi connectivity index (χ1v) is 8.61. The monoisotopic (exact) mass is 367 g/mol. The Balaban J connectivity index is 1.93. The Hall–Kier alpha value is -2.38. The molecule has 26 heavy (non-hydrogen) atoms. The summed E-state index contributed by atoms with van der Waals surface area (Å²) in [6.45, 7) is 1.38. The number of halogens is 3. The van der Waals surface area contributed by atoms with Crippen molar-refractivity contribution in [2.75, 3.05) is 0 Å². The molecule has 1 saturated carbocycles. The largest absolute Gasteiger partial charge is 0.442 e. The highest BCUT2D eigenvalue weighted by atomic mass is 19.4. The highest BCUT2D eigenvalue weighted by Crippen LogP contribution is 2.39. The van der Waals surface area contributed by atoms with Crippen LogP contribution in [0.5, 0.6) is 0 Å². The zero-order valence-electron chi connectivity index (χ0n) is 14.3. The number of amides is 2. The minimum Gasteiger partial charge on any atom is -0.312 e. The van der Waals surface area contributed by atoms with Gasteiger partial charge < -0.3 is 5.32 Å². The van der Waals surface area contributed by atoms with Crippen LogP contribution in [0.2, 0.25) is 0 Å². The van der Waals surface area contributed by atoms with Crippen LogP contribution in [0.4, 0.5) is 13.2 Å². The molecule has 1 aliphatic heterocycles. The zero-order chi connectivity index (χ0) is 18.9. The van der Waals surface area contributed by atoms with Crippen molar-refractivity contribution in [1.82, 2.24) is 10.2 Å². The maximum atomic E-state index is 13.9. The van der Waals surface area contributed by atoms with Crippen LogP contribution < -0.4 is 5.32 Å². The Bertz CT molecular complexity index is 727. The second kappa shape index (κ2) is 6.74. The third-order valence-corrected chi connectivity index (χ3v) is 4.89. The molecule has 1 aliphatic carbocycles. The molecule has 2 aliphatic rings. The second-order valence-corrected chi connectivity index (χ2v) is 6.65. The van der Waals surface area contributed by atoms with Crippen LogP contribution >= 0.6 is 0 Å². The number of carbonyl (C=O) groups is 2. The van der Waals surface area contributed by atoms with E-state index in [1.54, 1.807) is 6.07 Å². The highest BCUT2D eigenvalue weighted by molar-refractivity contribution is 6.10. The van der Waals surface area contributed by atoms with Crippen LogP contribution in [0.15, 0.2) is 35.3 Å². The van der Waals surface area contributed by atoms with E-state index in [4.69, 9.17) is 0 Å². The fourth-order valence-corrected chi connectivity index (χ4v) is 3.60. The van der Waals surface area contributed by atoms with Crippen molar-refractivity contribution in [3.8, 4) is 0 Å². The van der Waals surface area contributed by atoms with Gasteiger partial charge in [0, 0.05) is 11.6 Å². The van der Waals surface area contributed by atoms with Gasteiger partial charge in [-0.2, -0.15) is 13.2 Å². The fraction of sp³-hybridized carbons (Fsp3) is 0.500. The van der Waals surface area contributed by atoms with E-state index in [0.717, 1.165) is 24.2 Å². The summed E-state index contributed by atoms with van der Waals surface area (Å²) in [4.78, 5) is 29.9. The van der Waals surface area contributed by atoms with E-state index in [-0.39, 0.29) is 17.4 Å². The molecule has 1 unspecified atom stereocenters. The number of nitrogens with zero attached hydrogens (tertiary/aromatic N) is 2. The van der Waals surface area contributed by atoms with Crippen LogP contribution in [-0.2, 0) is 4.79 Å². The molecule has 1 aromatic rings. The van der Waals surface area contributed by atoms with E-state index in [1.165, 1.54) is 31.2 Å². The molecular weight excluding hydrogens is 347 g/mol. The first kappa shape index (κ1) is 18.4. The summed E-state index contributed by atoms with van der Waals surface area (Å²) in [6, 6.07) is 7.17. The van der Waals surface area contributed by atoms with Crippen LogP contribution in [0.1, 0.15) is 49.4 Å². The van der Waals surface area contributed by atoms with Crippen molar-refractivity contribution >= 4 is 17.6 Å². The minimum absolute atomic E-state index is 0.00686. The van der Waals surface area contributed by atoms with Gasteiger partial charge in [0.25, 0.3) is 11.8 Å². The normalized spacial score (nSPS) is 24.5. The molecule has 5 nitrogen and oxygen atoms in total. The van der Waals surface area contributed by atoms with Gasteiger partial charge in [-0.3, -0.25) is 14.5 Å². The van der Waals surface area contributed by atoms with Crippen LogP contribution in [0.25, 0.3) is 0 Å². The molecule has 1 aromatic carbocycles. The number of amidine groups is 1. The first-order valence-electron chi connectivity index (χ1n) is 8.61. The van der Waals surface area contributed by atoms with Crippen molar-refractivity contribution in [3.05, 3.63) is 35.9 Å².